The van der Waals surface area contributed by atoms with Crippen molar-refractivity contribution in [2.45, 2.75) is 0 Å². The highest BCUT2D eigenvalue weighted by molar-refractivity contribution is 6.31. The average molecular weight is 339 g/mol. The fraction of sp³-hybridized carbons (Fsp3) is 0.143. The second-order valence-corrected chi connectivity index (χ2v) is 5.49. The van der Waals surface area contributed by atoms with Gasteiger partial charge in [0.05, 0.1) is 18.5 Å². The lowest BCUT2D eigenvalue weighted by Gasteiger charge is -2.12. The monoisotopic (exact) mass is 338 g/mol. The number of benzene rings is 1. The van der Waals surface area contributed by atoms with Crippen molar-refractivity contribution < 1.29 is 4.74 Å². The molecule has 2 heterocycles. The zero-order chi connectivity index (χ0) is 15.9. The lowest BCUT2D eigenvalue weighted by atomic mass is 10.2. The molecule has 6 nitrogen and oxygen atoms in total. The molecule has 0 fully saturated rings. The SMILES string of the molecule is COc1cc(Cl)ccc1Nc1cc(Cl)nc2[nH]n(C)c(=O)c12. The van der Waals surface area contributed by atoms with Crippen LogP contribution in [-0.2, 0) is 7.05 Å². The van der Waals surface area contributed by atoms with E-state index in [9.17, 15) is 4.79 Å². The van der Waals surface area contributed by atoms with E-state index in [-0.39, 0.29) is 10.7 Å². The molecule has 1 aromatic carbocycles. The van der Waals surface area contributed by atoms with E-state index in [4.69, 9.17) is 27.9 Å². The fourth-order valence-corrected chi connectivity index (χ4v) is 2.56. The molecule has 3 aromatic rings. The third kappa shape index (κ3) is 2.51. The standard InChI is InChI=1S/C14H12Cl2N4O2/c1-20-14(21)12-9(6-11(16)18-13(12)19-20)17-8-4-3-7(15)5-10(8)22-2/h3-6H,1-2H3,(H2,17,18,19). The van der Waals surface area contributed by atoms with Gasteiger partial charge in [0.15, 0.2) is 5.65 Å². The average Bonchev–Trinajstić information content (AvgIpc) is 2.75. The van der Waals surface area contributed by atoms with Crippen LogP contribution in [0.15, 0.2) is 29.1 Å². The third-order valence-electron chi connectivity index (χ3n) is 3.21. The summed E-state index contributed by atoms with van der Waals surface area (Å²) in [7, 11) is 3.16. The number of rotatable bonds is 3. The fourth-order valence-electron chi connectivity index (χ4n) is 2.20. The highest BCUT2D eigenvalue weighted by Crippen LogP contribution is 2.32. The number of methoxy groups -OCH3 is 1. The van der Waals surface area contributed by atoms with Crippen molar-refractivity contribution in [2.75, 3.05) is 12.4 Å². The van der Waals surface area contributed by atoms with E-state index >= 15 is 0 Å². The van der Waals surface area contributed by atoms with Gasteiger partial charge < -0.3 is 10.1 Å². The summed E-state index contributed by atoms with van der Waals surface area (Å²) in [5, 5.41) is 7.24. The molecule has 114 valence electrons. The Hall–Kier alpha value is -2.18. The topological polar surface area (TPSA) is 71.9 Å². The first-order valence-corrected chi connectivity index (χ1v) is 7.11. The van der Waals surface area contributed by atoms with Crippen molar-refractivity contribution in [2.24, 2.45) is 7.05 Å². The molecule has 0 atom stereocenters. The molecule has 0 bridgehead atoms. The molecular weight excluding hydrogens is 327 g/mol. The lowest BCUT2D eigenvalue weighted by molar-refractivity contribution is 0.417. The summed E-state index contributed by atoms with van der Waals surface area (Å²) in [6, 6.07) is 6.76. The molecule has 0 spiro atoms. The summed E-state index contributed by atoms with van der Waals surface area (Å²) >= 11 is 12.0. The molecule has 2 N–H and O–H groups in total. The maximum absolute atomic E-state index is 12.2. The van der Waals surface area contributed by atoms with Crippen LogP contribution in [0.4, 0.5) is 11.4 Å². The number of halogens is 2. The number of nitrogens with one attached hydrogen (secondary N) is 2. The molecule has 0 aliphatic carbocycles. The molecule has 0 amide bonds. The first-order chi connectivity index (χ1) is 10.5. The quantitative estimate of drug-likeness (QED) is 0.718. The van der Waals surface area contributed by atoms with Crippen LogP contribution in [0, 0.1) is 0 Å². The van der Waals surface area contributed by atoms with Crippen LogP contribution >= 0.6 is 23.2 Å². The Balaban J connectivity index is 2.17. The summed E-state index contributed by atoms with van der Waals surface area (Å²) in [4.78, 5) is 16.3. The predicted octanol–water partition coefficient (Wildman–Crippen LogP) is 3.32. The largest absolute Gasteiger partial charge is 0.495 e. The molecular formula is C14H12Cl2N4O2. The van der Waals surface area contributed by atoms with Crippen LogP contribution < -0.4 is 15.6 Å². The van der Waals surface area contributed by atoms with Crippen molar-refractivity contribution >= 4 is 45.6 Å². The molecule has 0 saturated carbocycles. The number of aromatic amines is 1. The zero-order valence-corrected chi connectivity index (χ0v) is 13.3. The summed E-state index contributed by atoms with van der Waals surface area (Å²) in [5.41, 5.74) is 1.42. The molecule has 2 aromatic heterocycles. The third-order valence-corrected chi connectivity index (χ3v) is 3.64. The molecule has 3 rings (SSSR count). The van der Waals surface area contributed by atoms with Gasteiger partial charge in [0.1, 0.15) is 16.3 Å². The first-order valence-electron chi connectivity index (χ1n) is 6.35. The van der Waals surface area contributed by atoms with E-state index in [1.54, 1.807) is 38.4 Å². The van der Waals surface area contributed by atoms with Gasteiger partial charge in [-0.05, 0) is 18.2 Å². The molecule has 0 aliphatic rings. The van der Waals surface area contributed by atoms with Gasteiger partial charge in [0.25, 0.3) is 5.56 Å². The van der Waals surface area contributed by atoms with E-state index < -0.39 is 0 Å². The van der Waals surface area contributed by atoms with Crippen molar-refractivity contribution in [3.05, 3.63) is 44.8 Å². The first kappa shape index (κ1) is 14.7. The van der Waals surface area contributed by atoms with E-state index in [2.05, 4.69) is 15.4 Å². The van der Waals surface area contributed by atoms with Crippen LogP contribution in [0.3, 0.4) is 0 Å². The van der Waals surface area contributed by atoms with Gasteiger partial charge in [0.2, 0.25) is 0 Å². The Labute approximate surface area is 135 Å². The molecule has 8 heteroatoms. The van der Waals surface area contributed by atoms with Crippen molar-refractivity contribution in [1.82, 2.24) is 14.8 Å². The Morgan fingerprint density at radius 2 is 2.05 bits per heavy atom. The van der Waals surface area contributed by atoms with Gasteiger partial charge >= 0.3 is 0 Å². The highest BCUT2D eigenvalue weighted by Gasteiger charge is 2.14. The predicted molar refractivity (Wildman–Crippen MR) is 87.6 cm³/mol. The number of nitrogens with zero attached hydrogens (tertiary/aromatic N) is 2. The van der Waals surface area contributed by atoms with Gasteiger partial charge in [-0.15, -0.1) is 0 Å². The number of ether oxygens (including phenoxy) is 1. The van der Waals surface area contributed by atoms with Crippen LogP contribution in [0.25, 0.3) is 11.0 Å². The summed E-state index contributed by atoms with van der Waals surface area (Å²) in [6.45, 7) is 0. The molecule has 22 heavy (non-hydrogen) atoms. The van der Waals surface area contributed by atoms with Crippen LogP contribution in [0.1, 0.15) is 0 Å². The molecule has 0 aliphatic heterocycles. The number of hydrogen-bond acceptors (Lipinski definition) is 4. The number of pyridine rings is 1. The summed E-state index contributed by atoms with van der Waals surface area (Å²) in [5.74, 6) is 0.556. The summed E-state index contributed by atoms with van der Waals surface area (Å²) < 4.78 is 6.63. The van der Waals surface area contributed by atoms with Crippen LogP contribution in [0.5, 0.6) is 5.75 Å². The Morgan fingerprint density at radius 3 is 2.77 bits per heavy atom. The number of anilines is 2. The minimum atomic E-state index is -0.199. The number of aryl methyl sites for hydroxylation is 1. The Morgan fingerprint density at radius 1 is 1.27 bits per heavy atom. The minimum Gasteiger partial charge on any atom is -0.495 e. The van der Waals surface area contributed by atoms with Gasteiger partial charge in [0, 0.05) is 18.1 Å². The Bertz CT molecular complexity index is 917. The number of aromatic nitrogens is 3. The van der Waals surface area contributed by atoms with Gasteiger partial charge in [-0.25, -0.2) is 4.98 Å². The maximum atomic E-state index is 12.2. The lowest BCUT2D eigenvalue weighted by Crippen LogP contribution is -2.12. The van der Waals surface area contributed by atoms with E-state index in [1.807, 2.05) is 0 Å². The summed E-state index contributed by atoms with van der Waals surface area (Å²) in [6.07, 6.45) is 0. The van der Waals surface area contributed by atoms with Gasteiger partial charge in [-0.3, -0.25) is 14.6 Å². The Kier molecular flexibility index (Phi) is 3.72. The number of H-pyrrole nitrogens is 1. The second-order valence-electron chi connectivity index (χ2n) is 4.66. The van der Waals surface area contributed by atoms with E-state index in [0.29, 0.717) is 33.2 Å². The smallest absolute Gasteiger partial charge is 0.277 e. The van der Waals surface area contributed by atoms with Crippen molar-refractivity contribution in [1.29, 1.82) is 0 Å². The highest BCUT2D eigenvalue weighted by atomic mass is 35.5. The number of hydrogen-bond donors (Lipinski definition) is 2. The van der Waals surface area contributed by atoms with E-state index in [1.165, 1.54) is 4.68 Å². The van der Waals surface area contributed by atoms with Gasteiger partial charge in [-0.2, -0.15) is 0 Å². The second kappa shape index (κ2) is 5.55. The molecule has 0 unspecified atom stereocenters. The van der Waals surface area contributed by atoms with E-state index in [0.717, 1.165) is 0 Å². The molecule has 0 radical (unpaired) electrons. The zero-order valence-electron chi connectivity index (χ0n) is 11.8. The normalized spacial score (nSPS) is 10.9. The van der Waals surface area contributed by atoms with Crippen LogP contribution in [-0.4, -0.2) is 21.9 Å². The number of fused-ring (bicyclic) bond motifs is 1. The maximum Gasteiger partial charge on any atom is 0.277 e. The van der Waals surface area contributed by atoms with Crippen molar-refractivity contribution in [3.63, 3.8) is 0 Å². The molecule has 0 saturated heterocycles. The van der Waals surface area contributed by atoms with Gasteiger partial charge in [-0.1, -0.05) is 23.2 Å². The van der Waals surface area contributed by atoms with Crippen LogP contribution in [0.2, 0.25) is 10.2 Å². The van der Waals surface area contributed by atoms with Crippen molar-refractivity contribution in [3.8, 4) is 5.75 Å². The minimum absolute atomic E-state index is 0.199.